The summed E-state index contributed by atoms with van der Waals surface area (Å²) >= 11 is 0. The number of furan rings is 1. The lowest BCUT2D eigenvalue weighted by Crippen LogP contribution is -2.09. The van der Waals surface area contributed by atoms with E-state index < -0.39 is 0 Å². The maximum atomic E-state index is 6.27. The Bertz CT molecular complexity index is 3230. The lowest BCUT2D eigenvalue weighted by molar-refractivity contribution is 0.632. The van der Waals surface area contributed by atoms with Gasteiger partial charge in [0.1, 0.15) is 11.3 Å². The molecule has 0 atom stereocenters. The molecule has 0 fully saturated rings. The molecular weight excluding hydrogens is 703 g/mol. The lowest BCUT2D eigenvalue weighted by Gasteiger charge is -2.26. The molecule has 1 heterocycles. The van der Waals surface area contributed by atoms with Crippen LogP contribution in [0.5, 0.6) is 0 Å². The van der Waals surface area contributed by atoms with Gasteiger partial charge in [0.25, 0.3) is 0 Å². The largest absolute Gasteiger partial charge is 0.456 e. The molecule has 0 bridgehead atoms. The molecule has 58 heavy (non-hydrogen) atoms. The number of fused-ring (bicyclic) bond motifs is 5. The fraction of sp³-hybridized carbons (Fsp3) is 0. The molecule has 0 unspecified atom stereocenters. The van der Waals surface area contributed by atoms with Crippen molar-refractivity contribution >= 4 is 60.3 Å². The Kier molecular flexibility index (Phi) is 8.19. The van der Waals surface area contributed by atoms with Gasteiger partial charge in [-0.25, -0.2) is 0 Å². The smallest absolute Gasteiger partial charge is 0.136 e. The first-order chi connectivity index (χ1) is 28.7. The minimum atomic E-state index is 0.879. The molecule has 0 radical (unpaired) electrons. The van der Waals surface area contributed by atoms with Gasteiger partial charge in [-0.05, 0) is 120 Å². The molecule has 2 nitrogen and oxygen atoms in total. The van der Waals surface area contributed by atoms with E-state index in [-0.39, 0.29) is 0 Å². The summed E-state index contributed by atoms with van der Waals surface area (Å²) in [4.78, 5) is 2.35. The highest BCUT2D eigenvalue weighted by atomic mass is 16.3. The molecule has 0 aliphatic rings. The van der Waals surface area contributed by atoms with Gasteiger partial charge in [-0.15, -0.1) is 0 Å². The summed E-state index contributed by atoms with van der Waals surface area (Å²) in [6, 6.07) is 80.7. The molecule has 0 amide bonds. The molecule has 10 aromatic carbocycles. The average Bonchev–Trinajstić information content (AvgIpc) is 3.74. The zero-order chi connectivity index (χ0) is 38.4. The van der Waals surface area contributed by atoms with Crippen LogP contribution in [0.3, 0.4) is 0 Å². The van der Waals surface area contributed by atoms with Crippen LogP contribution < -0.4 is 4.90 Å². The Hall–Kier alpha value is -7.68. The van der Waals surface area contributed by atoms with Crippen molar-refractivity contribution in [3.63, 3.8) is 0 Å². The third-order valence-corrected chi connectivity index (χ3v) is 11.5. The van der Waals surface area contributed by atoms with Crippen molar-refractivity contribution in [2.45, 2.75) is 0 Å². The van der Waals surface area contributed by atoms with Crippen molar-refractivity contribution in [2.24, 2.45) is 0 Å². The van der Waals surface area contributed by atoms with Crippen LogP contribution in [-0.2, 0) is 0 Å². The van der Waals surface area contributed by atoms with Gasteiger partial charge in [0.15, 0.2) is 0 Å². The van der Waals surface area contributed by atoms with Crippen LogP contribution in [0, 0.1) is 0 Å². The number of hydrogen-bond acceptors (Lipinski definition) is 2. The van der Waals surface area contributed by atoms with E-state index in [0.29, 0.717) is 0 Å². The Labute approximate surface area is 337 Å². The lowest BCUT2D eigenvalue weighted by atomic mass is 9.95. The Balaban J connectivity index is 0.914. The summed E-state index contributed by atoms with van der Waals surface area (Å²) < 4.78 is 6.27. The summed E-state index contributed by atoms with van der Waals surface area (Å²) in [6.07, 6.45) is 0. The van der Waals surface area contributed by atoms with Crippen LogP contribution in [-0.4, -0.2) is 0 Å². The van der Waals surface area contributed by atoms with E-state index >= 15 is 0 Å². The average molecular weight is 740 g/mol. The predicted molar refractivity (Wildman–Crippen MR) is 245 cm³/mol. The van der Waals surface area contributed by atoms with Crippen molar-refractivity contribution in [1.82, 2.24) is 0 Å². The van der Waals surface area contributed by atoms with Crippen LogP contribution in [0.1, 0.15) is 0 Å². The molecule has 11 rings (SSSR count). The molecule has 2 heteroatoms. The fourth-order valence-electron chi connectivity index (χ4n) is 8.47. The molecule has 0 spiro atoms. The second-order valence-corrected chi connectivity index (χ2v) is 15.0. The van der Waals surface area contributed by atoms with E-state index in [1.54, 1.807) is 0 Å². The first kappa shape index (κ1) is 33.6. The highest BCUT2D eigenvalue weighted by Gasteiger charge is 2.16. The zero-order valence-corrected chi connectivity index (χ0v) is 31.7. The second kappa shape index (κ2) is 14.1. The Morgan fingerprint density at radius 3 is 1.52 bits per heavy atom. The van der Waals surface area contributed by atoms with Gasteiger partial charge in [-0.3, -0.25) is 0 Å². The SMILES string of the molecule is c1ccc(-c2cc3ccccc3o2)c(-c2ccc(-c3ccc(N(c4ccc(-c5ccc6c(ccc7ccccc76)c5)cc4)c4ccc5ccccc5c4)cc3)cc2)c1. The van der Waals surface area contributed by atoms with E-state index in [2.05, 4.69) is 211 Å². The van der Waals surface area contributed by atoms with Gasteiger partial charge in [-0.2, -0.15) is 0 Å². The van der Waals surface area contributed by atoms with Crippen molar-refractivity contribution < 1.29 is 4.42 Å². The molecule has 1 aromatic heterocycles. The van der Waals surface area contributed by atoms with Crippen LogP contribution in [0.15, 0.2) is 229 Å². The van der Waals surface area contributed by atoms with Gasteiger partial charge in [-0.1, -0.05) is 170 Å². The van der Waals surface area contributed by atoms with E-state index in [4.69, 9.17) is 4.42 Å². The first-order valence-corrected chi connectivity index (χ1v) is 19.8. The van der Waals surface area contributed by atoms with Crippen molar-refractivity contribution in [3.05, 3.63) is 224 Å². The number of para-hydroxylation sites is 1. The number of rotatable bonds is 7. The van der Waals surface area contributed by atoms with Crippen LogP contribution in [0.2, 0.25) is 0 Å². The van der Waals surface area contributed by atoms with Gasteiger partial charge >= 0.3 is 0 Å². The summed E-state index contributed by atoms with van der Waals surface area (Å²) in [7, 11) is 0. The number of anilines is 3. The van der Waals surface area contributed by atoms with Crippen molar-refractivity contribution in [1.29, 1.82) is 0 Å². The molecule has 272 valence electrons. The quantitative estimate of drug-likeness (QED) is 0.151. The Morgan fingerprint density at radius 2 is 0.776 bits per heavy atom. The minimum Gasteiger partial charge on any atom is -0.456 e. The summed E-state index contributed by atoms with van der Waals surface area (Å²) in [5, 5.41) is 8.64. The highest BCUT2D eigenvalue weighted by Crippen LogP contribution is 2.40. The molecule has 0 saturated heterocycles. The van der Waals surface area contributed by atoms with Gasteiger partial charge in [0, 0.05) is 28.0 Å². The van der Waals surface area contributed by atoms with E-state index in [1.807, 2.05) is 18.2 Å². The van der Waals surface area contributed by atoms with Crippen molar-refractivity contribution in [2.75, 3.05) is 4.90 Å². The van der Waals surface area contributed by atoms with E-state index in [9.17, 15) is 0 Å². The van der Waals surface area contributed by atoms with Crippen LogP contribution in [0.25, 0.3) is 88.0 Å². The van der Waals surface area contributed by atoms with Gasteiger partial charge in [0.05, 0.1) is 0 Å². The summed E-state index contributed by atoms with van der Waals surface area (Å²) in [5.41, 5.74) is 12.3. The number of hydrogen-bond donors (Lipinski definition) is 0. The maximum absolute atomic E-state index is 6.27. The van der Waals surface area contributed by atoms with Gasteiger partial charge < -0.3 is 9.32 Å². The molecule has 11 aromatic rings. The molecule has 0 saturated carbocycles. The third kappa shape index (κ3) is 6.09. The highest BCUT2D eigenvalue weighted by molar-refractivity contribution is 6.08. The third-order valence-electron chi connectivity index (χ3n) is 11.5. The van der Waals surface area contributed by atoms with Crippen LogP contribution in [0.4, 0.5) is 17.1 Å². The minimum absolute atomic E-state index is 0.879. The standard InChI is InChI=1S/C56H37NO/c1-2-11-44-36-50(33-27-38(44)9-1)57(49-31-25-41(26-32-49)45-28-34-53-46(35-45)22-21-42-10-3-5-13-51(42)53)48-29-23-40(24-30-48)39-17-19-43(20-18-39)52-14-6-7-15-54(52)56-37-47-12-4-8-16-55(47)58-56/h1-37H. The predicted octanol–water partition coefficient (Wildman–Crippen LogP) is 16.0. The summed E-state index contributed by atoms with van der Waals surface area (Å²) in [6.45, 7) is 0. The normalized spacial score (nSPS) is 11.4. The topological polar surface area (TPSA) is 16.4 Å². The second-order valence-electron chi connectivity index (χ2n) is 15.0. The first-order valence-electron chi connectivity index (χ1n) is 19.8. The van der Waals surface area contributed by atoms with E-state index in [1.165, 1.54) is 54.6 Å². The Morgan fingerprint density at radius 1 is 0.276 bits per heavy atom. The molecule has 0 aliphatic heterocycles. The number of nitrogens with zero attached hydrogens (tertiary/aromatic N) is 1. The zero-order valence-electron chi connectivity index (χ0n) is 31.7. The van der Waals surface area contributed by atoms with Crippen LogP contribution >= 0.6 is 0 Å². The fourth-order valence-corrected chi connectivity index (χ4v) is 8.47. The summed E-state index contributed by atoms with van der Waals surface area (Å²) in [5.74, 6) is 0.879. The maximum Gasteiger partial charge on any atom is 0.136 e. The number of benzene rings is 10. The van der Waals surface area contributed by atoms with E-state index in [0.717, 1.165) is 50.5 Å². The molecular formula is C56H37NO. The monoisotopic (exact) mass is 739 g/mol. The molecule has 0 N–H and O–H groups in total. The van der Waals surface area contributed by atoms with Crippen molar-refractivity contribution in [3.8, 4) is 44.7 Å². The molecule has 0 aliphatic carbocycles. The van der Waals surface area contributed by atoms with Gasteiger partial charge in [0.2, 0.25) is 0 Å².